The van der Waals surface area contributed by atoms with E-state index in [2.05, 4.69) is 15.5 Å². The Morgan fingerprint density at radius 3 is 2.68 bits per heavy atom. The van der Waals surface area contributed by atoms with Crippen LogP contribution in [-0.4, -0.2) is 126 Å². The standard InChI is InChI=1S/C28H42FN5O7/c1-32(2)8-4-3-7-30-24-17(29)10-15-25-27(24)41-23-11-19-22(12-20(23)33(25)13-16(26(15)35)28(36)37)40-21-9-14(34(38)39)5-6-18(21)31-19/h13-15,17-25,27,30-31H,3-12H2,1-2H3,(H,36,37). The van der Waals surface area contributed by atoms with Crippen molar-refractivity contribution >= 4 is 11.8 Å². The van der Waals surface area contributed by atoms with Crippen molar-refractivity contribution in [1.29, 1.82) is 0 Å². The molecule has 0 radical (unpaired) electrons. The molecular formula is C28H42FN5O7. The van der Waals surface area contributed by atoms with Gasteiger partial charge in [0.2, 0.25) is 6.04 Å². The molecule has 228 valence electrons. The van der Waals surface area contributed by atoms with E-state index in [-0.39, 0.29) is 53.4 Å². The summed E-state index contributed by atoms with van der Waals surface area (Å²) in [5.74, 6) is -2.63. The Morgan fingerprint density at radius 2 is 1.95 bits per heavy atom. The van der Waals surface area contributed by atoms with Gasteiger partial charge >= 0.3 is 5.97 Å². The summed E-state index contributed by atoms with van der Waals surface area (Å²) in [5, 5.41) is 28.4. The van der Waals surface area contributed by atoms with Gasteiger partial charge in [-0.25, -0.2) is 9.18 Å². The van der Waals surface area contributed by atoms with Crippen molar-refractivity contribution in [1.82, 2.24) is 20.4 Å². The lowest BCUT2D eigenvalue weighted by Crippen LogP contribution is -2.75. The van der Waals surface area contributed by atoms with Gasteiger partial charge in [0.15, 0.2) is 5.78 Å². The number of nitrogens with zero attached hydrogens (tertiary/aromatic N) is 3. The molecule has 3 saturated carbocycles. The van der Waals surface area contributed by atoms with Gasteiger partial charge in [-0.05, 0) is 65.7 Å². The SMILES string of the molecule is CN(C)CCCCNC1C(F)CC2C(=O)C(C(=O)O)=CN3C4CC5OC6CC([N+](=O)[O-])CCC6NC5CC4OC1C23. The van der Waals surface area contributed by atoms with Gasteiger partial charge in [0.25, 0.3) is 0 Å². The number of unbranched alkanes of at least 4 members (excludes halogenated alkanes) is 1. The first-order valence-corrected chi connectivity index (χ1v) is 15.1. The number of morpholine rings is 2. The molecule has 3 heterocycles. The molecule has 41 heavy (non-hydrogen) atoms. The molecule has 3 aliphatic heterocycles. The smallest absolute Gasteiger partial charge is 0.340 e. The van der Waals surface area contributed by atoms with E-state index >= 15 is 4.39 Å². The van der Waals surface area contributed by atoms with Crippen molar-refractivity contribution < 1.29 is 33.5 Å². The highest BCUT2D eigenvalue weighted by Gasteiger charge is 2.60. The topological polar surface area (TPSA) is 147 Å². The Bertz CT molecular complexity index is 1080. The van der Waals surface area contributed by atoms with Gasteiger partial charge in [-0.3, -0.25) is 14.9 Å². The van der Waals surface area contributed by atoms with Gasteiger partial charge in [-0.2, -0.15) is 0 Å². The number of rotatable bonds is 8. The zero-order valence-corrected chi connectivity index (χ0v) is 23.7. The second-order valence-corrected chi connectivity index (χ2v) is 13.0. The number of Topliss-reactive ketones (excluding diaryl/α,β-unsaturated/α-hetero) is 1. The van der Waals surface area contributed by atoms with Gasteiger partial charge in [0.1, 0.15) is 11.7 Å². The molecule has 6 aliphatic rings. The third-order valence-electron chi connectivity index (χ3n) is 10.2. The highest BCUT2D eigenvalue weighted by molar-refractivity contribution is 6.18. The summed E-state index contributed by atoms with van der Waals surface area (Å²) in [6.07, 6.45) is 3.24. The average molecular weight is 580 g/mol. The molecule has 3 aliphatic carbocycles. The number of carboxylic acids is 1. The van der Waals surface area contributed by atoms with Crippen molar-refractivity contribution in [2.75, 3.05) is 27.2 Å². The van der Waals surface area contributed by atoms with Crippen LogP contribution in [0.2, 0.25) is 0 Å². The lowest BCUT2D eigenvalue weighted by molar-refractivity contribution is -0.529. The van der Waals surface area contributed by atoms with E-state index in [4.69, 9.17) is 9.47 Å². The molecule has 0 bridgehead atoms. The first-order valence-electron chi connectivity index (χ1n) is 15.1. The Kier molecular flexibility index (Phi) is 8.09. The van der Waals surface area contributed by atoms with E-state index in [1.54, 1.807) is 0 Å². The normalized spacial score (nSPS) is 43.4. The summed E-state index contributed by atoms with van der Waals surface area (Å²) in [4.78, 5) is 40.7. The molecule has 12 nitrogen and oxygen atoms in total. The van der Waals surface area contributed by atoms with E-state index in [0.29, 0.717) is 38.6 Å². The first-order chi connectivity index (χ1) is 19.6. The van der Waals surface area contributed by atoms with Crippen LogP contribution >= 0.6 is 0 Å². The van der Waals surface area contributed by atoms with Gasteiger partial charge in [-0.15, -0.1) is 0 Å². The Balaban J connectivity index is 1.23. The number of ether oxygens (including phenoxy) is 2. The molecule has 13 heteroatoms. The van der Waals surface area contributed by atoms with E-state index < -0.39 is 48.1 Å². The van der Waals surface area contributed by atoms with E-state index in [0.717, 1.165) is 19.4 Å². The Morgan fingerprint density at radius 1 is 1.17 bits per heavy atom. The fourth-order valence-corrected chi connectivity index (χ4v) is 8.26. The average Bonchev–Trinajstić information content (AvgIpc) is 2.92. The van der Waals surface area contributed by atoms with Crippen LogP contribution in [0.4, 0.5) is 4.39 Å². The number of hydrogen-bond acceptors (Lipinski definition) is 10. The molecule has 0 spiro atoms. The van der Waals surface area contributed by atoms with Crippen molar-refractivity contribution in [3.8, 4) is 0 Å². The molecule has 3 N–H and O–H groups in total. The zero-order valence-electron chi connectivity index (χ0n) is 23.7. The quantitative estimate of drug-likeness (QED) is 0.162. The Labute approximate surface area is 239 Å². The molecule has 0 aromatic carbocycles. The maximum atomic E-state index is 15.7. The molecule has 0 aromatic heterocycles. The van der Waals surface area contributed by atoms with Crippen molar-refractivity contribution in [2.24, 2.45) is 5.92 Å². The van der Waals surface area contributed by atoms with Crippen molar-refractivity contribution in [3.63, 3.8) is 0 Å². The summed E-state index contributed by atoms with van der Waals surface area (Å²) in [5.41, 5.74) is -0.307. The molecule has 12 unspecified atom stereocenters. The predicted molar refractivity (Wildman–Crippen MR) is 145 cm³/mol. The number of ketones is 1. The van der Waals surface area contributed by atoms with Crippen LogP contribution in [0.25, 0.3) is 0 Å². The number of fused-ring (bicyclic) bond motifs is 4. The number of carbonyl (C=O) groups is 2. The fraction of sp³-hybridized carbons (Fsp3) is 0.857. The van der Waals surface area contributed by atoms with E-state index in [1.165, 1.54) is 6.20 Å². The minimum atomic E-state index is -1.34. The summed E-state index contributed by atoms with van der Waals surface area (Å²) in [6, 6.07) is -1.89. The Hall–Kier alpha value is -2.19. The van der Waals surface area contributed by atoms with Crippen LogP contribution in [0.1, 0.15) is 51.4 Å². The molecule has 0 amide bonds. The van der Waals surface area contributed by atoms with Gasteiger partial charge in [0.05, 0.1) is 42.5 Å². The summed E-state index contributed by atoms with van der Waals surface area (Å²) < 4.78 is 29.0. The van der Waals surface area contributed by atoms with Crippen LogP contribution in [0.15, 0.2) is 11.8 Å². The van der Waals surface area contributed by atoms with Crippen molar-refractivity contribution in [2.45, 2.75) is 118 Å². The van der Waals surface area contributed by atoms with Gasteiger partial charge in [0, 0.05) is 42.0 Å². The lowest BCUT2D eigenvalue weighted by atomic mass is 9.69. The third-order valence-corrected chi connectivity index (χ3v) is 10.2. The zero-order chi connectivity index (χ0) is 29.0. The highest BCUT2D eigenvalue weighted by Crippen LogP contribution is 2.47. The van der Waals surface area contributed by atoms with Crippen molar-refractivity contribution in [3.05, 3.63) is 21.9 Å². The summed E-state index contributed by atoms with van der Waals surface area (Å²) in [6.45, 7) is 1.57. The first kappa shape index (κ1) is 28.9. The number of carboxylic acid groups (broad SMARTS) is 1. The predicted octanol–water partition coefficient (Wildman–Crippen LogP) is 0.719. The van der Waals surface area contributed by atoms with Gasteiger partial charge in [-0.1, -0.05) is 0 Å². The van der Waals surface area contributed by atoms with Crippen LogP contribution in [0.3, 0.4) is 0 Å². The van der Waals surface area contributed by atoms with Crippen LogP contribution in [-0.2, 0) is 19.1 Å². The highest BCUT2D eigenvalue weighted by atomic mass is 19.1. The summed E-state index contributed by atoms with van der Waals surface area (Å²) in [7, 11) is 4.04. The van der Waals surface area contributed by atoms with Gasteiger partial charge < -0.3 is 35.0 Å². The number of carbonyl (C=O) groups excluding carboxylic acids is 1. The van der Waals surface area contributed by atoms with E-state index in [1.807, 2.05) is 19.0 Å². The molecule has 2 saturated heterocycles. The maximum absolute atomic E-state index is 15.7. The van der Waals surface area contributed by atoms with Crippen LogP contribution in [0.5, 0.6) is 0 Å². The third kappa shape index (κ3) is 5.39. The number of alkyl halides is 1. The molecule has 5 fully saturated rings. The van der Waals surface area contributed by atoms with Crippen LogP contribution < -0.4 is 10.6 Å². The van der Waals surface area contributed by atoms with E-state index in [9.17, 15) is 24.8 Å². The largest absolute Gasteiger partial charge is 0.478 e. The van der Waals surface area contributed by atoms with Crippen LogP contribution in [0, 0.1) is 16.0 Å². The number of halogens is 1. The minimum absolute atomic E-state index is 0.0199. The second-order valence-electron chi connectivity index (χ2n) is 13.0. The molecule has 0 aromatic rings. The number of nitro groups is 1. The maximum Gasteiger partial charge on any atom is 0.340 e. The minimum Gasteiger partial charge on any atom is -0.478 e. The number of nitrogens with one attached hydrogen (secondary N) is 2. The number of hydrogen-bond donors (Lipinski definition) is 3. The molecular weight excluding hydrogens is 537 g/mol. The molecule has 12 atom stereocenters. The monoisotopic (exact) mass is 579 g/mol. The fourth-order valence-electron chi connectivity index (χ4n) is 8.26. The second kappa shape index (κ2) is 11.5. The lowest BCUT2D eigenvalue weighted by Gasteiger charge is -2.61. The number of aliphatic carboxylic acids is 1. The summed E-state index contributed by atoms with van der Waals surface area (Å²) >= 11 is 0. The molecule has 6 rings (SSSR count).